The molecule has 0 radical (unpaired) electrons. The van der Waals surface area contributed by atoms with Gasteiger partial charge in [0.2, 0.25) is 10.0 Å². The molecule has 1 aromatic carbocycles. The summed E-state index contributed by atoms with van der Waals surface area (Å²) < 4.78 is 74.8. The van der Waals surface area contributed by atoms with Crippen molar-refractivity contribution in [3.8, 4) is 0 Å². The van der Waals surface area contributed by atoms with E-state index >= 15 is 0 Å². The van der Waals surface area contributed by atoms with E-state index in [0.29, 0.717) is 5.56 Å². The number of aliphatic hydroxyl groups is 1. The molecule has 0 aliphatic carbocycles. The summed E-state index contributed by atoms with van der Waals surface area (Å²) >= 11 is 0. The van der Waals surface area contributed by atoms with Gasteiger partial charge in [0.25, 0.3) is 0 Å². The molecule has 1 N–H and O–H groups in total. The Bertz CT molecular complexity index is 615. The number of hydrogen-bond acceptors (Lipinski definition) is 3. The Labute approximate surface area is 125 Å². The van der Waals surface area contributed by atoms with Gasteiger partial charge in [0.05, 0.1) is 24.3 Å². The van der Waals surface area contributed by atoms with Gasteiger partial charge in [-0.15, -0.1) is 0 Å². The average molecular weight is 341 g/mol. The topological polar surface area (TPSA) is 57.6 Å². The predicted molar refractivity (Wildman–Crippen MR) is 70.9 cm³/mol. The van der Waals surface area contributed by atoms with Crippen LogP contribution >= 0.6 is 0 Å². The molecule has 22 heavy (non-hydrogen) atoms. The van der Waals surface area contributed by atoms with Gasteiger partial charge in [-0.05, 0) is 24.1 Å². The molecule has 1 aliphatic rings. The molecule has 124 valence electrons. The van der Waals surface area contributed by atoms with Gasteiger partial charge in [0.15, 0.2) is 0 Å². The van der Waals surface area contributed by atoms with E-state index in [2.05, 4.69) is 0 Å². The van der Waals surface area contributed by atoms with Gasteiger partial charge in [0.1, 0.15) is 5.82 Å². The van der Waals surface area contributed by atoms with Crippen LogP contribution in [0.15, 0.2) is 24.3 Å². The summed E-state index contributed by atoms with van der Waals surface area (Å²) in [5.41, 5.74) is 0.438. The normalized spacial score (nSPS) is 23.9. The molecule has 9 heteroatoms. The van der Waals surface area contributed by atoms with Gasteiger partial charge in [-0.2, -0.15) is 17.5 Å². The van der Waals surface area contributed by atoms with Gasteiger partial charge in [-0.25, -0.2) is 12.8 Å². The van der Waals surface area contributed by atoms with Crippen molar-refractivity contribution in [2.75, 3.05) is 12.3 Å². The lowest BCUT2D eigenvalue weighted by Crippen LogP contribution is -2.35. The third-order valence-electron chi connectivity index (χ3n) is 3.49. The molecule has 1 saturated heterocycles. The van der Waals surface area contributed by atoms with Crippen molar-refractivity contribution in [2.45, 2.75) is 31.2 Å². The van der Waals surface area contributed by atoms with E-state index in [0.717, 1.165) is 16.4 Å². The van der Waals surface area contributed by atoms with Gasteiger partial charge in [-0.3, -0.25) is 0 Å². The summed E-state index contributed by atoms with van der Waals surface area (Å²) in [5, 5.41) is 9.67. The molecular formula is C13H15F4NO3S. The highest BCUT2D eigenvalue weighted by molar-refractivity contribution is 7.89. The number of alkyl halides is 3. The molecule has 0 unspecified atom stereocenters. The zero-order chi connectivity index (χ0) is 16.5. The number of hydrogen-bond donors (Lipinski definition) is 1. The molecule has 0 aromatic heterocycles. The Morgan fingerprint density at radius 1 is 1.23 bits per heavy atom. The Kier molecular flexibility index (Phi) is 4.78. The van der Waals surface area contributed by atoms with Crippen molar-refractivity contribution < 1.29 is 31.1 Å². The number of nitrogens with zero attached hydrogens (tertiary/aromatic N) is 1. The maximum Gasteiger partial charge on any atom is 0.390 e. The summed E-state index contributed by atoms with van der Waals surface area (Å²) in [7, 11) is -4.17. The van der Waals surface area contributed by atoms with E-state index < -0.39 is 46.3 Å². The lowest BCUT2D eigenvalue weighted by molar-refractivity contribution is -0.130. The molecule has 2 rings (SSSR count). The van der Waals surface area contributed by atoms with Gasteiger partial charge in [0, 0.05) is 6.54 Å². The smallest absolute Gasteiger partial charge is 0.390 e. The average Bonchev–Trinajstić information content (AvgIpc) is 2.80. The molecule has 0 spiro atoms. The third kappa shape index (κ3) is 4.17. The SMILES string of the molecule is O=S(=O)(CCC(F)(F)F)N1C[C@H](O)C[C@@H]1c1ccc(F)cc1. The van der Waals surface area contributed by atoms with Crippen LogP contribution in [0.5, 0.6) is 0 Å². The fourth-order valence-electron chi connectivity index (χ4n) is 2.44. The Hall–Kier alpha value is -1.19. The number of halogens is 4. The Morgan fingerprint density at radius 2 is 1.82 bits per heavy atom. The quantitative estimate of drug-likeness (QED) is 0.855. The van der Waals surface area contributed by atoms with E-state index in [1.807, 2.05) is 0 Å². The van der Waals surface area contributed by atoms with Crippen LogP contribution in [-0.2, 0) is 10.0 Å². The van der Waals surface area contributed by atoms with Crippen LogP contribution in [0.1, 0.15) is 24.4 Å². The second-order valence-corrected chi connectivity index (χ2v) is 7.25. The third-order valence-corrected chi connectivity index (χ3v) is 5.33. The number of sulfonamides is 1. The van der Waals surface area contributed by atoms with Crippen molar-refractivity contribution in [3.63, 3.8) is 0 Å². The second kappa shape index (κ2) is 6.13. The lowest BCUT2D eigenvalue weighted by atomic mass is 10.0. The van der Waals surface area contributed by atoms with Crippen LogP contribution < -0.4 is 0 Å². The summed E-state index contributed by atoms with van der Waals surface area (Å²) in [6, 6.07) is 4.23. The van der Waals surface area contributed by atoms with Crippen LogP contribution in [-0.4, -0.2) is 42.4 Å². The highest BCUT2D eigenvalue weighted by atomic mass is 32.2. The molecule has 1 fully saturated rings. The summed E-state index contributed by atoms with van der Waals surface area (Å²) in [5.74, 6) is -1.57. The molecule has 0 amide bonds. The zero-order valence-corrected chi connectivity index (χ0v) is 12.2. The van der Waals surface area contributed by atoms with E-state index in [-0.39, 0.29) is 13.0 Å². The highest BCUT2D eigenvalue weighted by Gasteiger charge is 2.41. The Balaban J connectivity index is 2.21. The maximum absolute atomic E-state index is 12.9. The first-order valence-corrected chi connectivity index (χ1v) is 8.19. The molecule has 1 heterocycles. The molecule has 0 bridgehead atoms. The van der Waals surface area contributed by atoms with E-state index in [1.165, 1.54) is 12.1 Å². The van der Waals surface area contributed by atoms with Gasteiger partial charge < -0.3 is 5.11 Å². The van der Waals surface area contributed by atoms with Crippen LogP contribution in [0.2, 0.25) is 0 Å². The molecule has 0 saturated carbocycles. The molecule has 2 atom stereocenters. The van der Waals surface area contributed by atoms with Crippen LogP contribution in [0, 0.1) is 5.82 Å². The van der Waals surface area contributed by atoms with Crippen molar-refractivity contribution in [2.24, 2.45) is 0 Å². The summed E-state index contributed by atoms with van der Waals surface area (Å²) in [6.07, 6.45) is -6.91. The number of rotatable bonds is 4. The van der Waals surface area contributed by atoms with Crippen molar-refractivity contribution in [1.82, 2.24) is 4.31 Å². The molecule has 4 nitrogen and oxygen atoms in total. The standard InChI is InChI=1S/C13H15F4NO3S/c14-10-3-1-9(2-4-10)12-7-11(19)8-18(12)22(20,21)6-5-13(15,16)17/h1-4,11-12,19H,5-8H2/t11-,12-/m1/s1. The van der Waals surface area contributed by atoms with E-state index in [4.69, 9.17) is 0 Å². The fraction of sp³-hybridized carbons (Fsp3) is 0.538. The van der Waals surface area contributed by atoms with Crippen LogP contribution in [0.4, 0.5) is 17.6 Å². The number of aliphatic hydroxyl groups excluding tert-OH is 1. The fourth-order valence-corrected chi connectivity index (χ4v) is 4.16. The number of benzene rings is 1. The first kappa shape index (κ1) is 17.2. The first-order chi connectivity index (χ1) is 10.1. The van der Waals surface area contributed by atoms with Crippen LogP contribution in [0.25, 0.3) is 0 Å². The minimum absolute atomic E-state index is 0.0663. The second-order valence-electron chi connectivity index (χ2n) is 5.21. The Morgan fingerprint density at radius 3 is 2.36 bits per heavy atom. The van der Waals surface area contributed by atoms with Crippen molar-refractivity contribution in [3.05, 3.63) is 35.6 Å². The summed E-state index contributed by atoms with van der Waals surface area (Å²) in [4.78, 5) is 0. The van der Waals surface area contributed by atoms with Gasteiger partial charge >= 0.3 is 6.18 Å². The van der Waals surface area contributed by atoms with Crippen molar-refractivity contribution >= 4 is 10.0 Å². The predicted octanol–water partition coefficient (Wildman–Crippen LogP) is 2.22. The van der Waals surface area contributed by atoms with E-state index in [1.54, 1.807) is 0 Å². The minimum Gasteiger partial charge on any atom is -0.392 e. The van der Waals surface area contributed by atoms with Gasteiger partial charge in [-0.1, -0.05) is 12.1 Å². The number of β-amino-alcohol motifs (C(OH)–C–C–N with tert-alkyl or cyclic N) is 1. The zero-order valence-electron chi connectivity index (χ0n) is 11.4. The van der Waals surface area contributed by atoms with E-state index in [9.17, 15) is 31.1 Å². The maximum atomic E-state index is 12.9. The lowest BCUT2D eigenvalue weighted by Gasteiger charge is -2.24. The minimum atomic E-state index is -4.57. The largest absolute Gasteiger partial charge is 0.392 e. The molecule has 1 aromatic rings. The highest BCUT2D eigenvalue weighted by Crippen LogP contribution is 2.35. The molecule has 1 aliphatic heterocycles. The monoisotopic (exact) mass is 341 g/mol. The first-order valence-electron chi connectivity index (χ1n) is 6.58. The molecular weight excluding hydrogens is 326 g/mol. The van der Waals surface area contributed by atoms with Crippen LogP contribution in [0.3, 0.4) is 0 Å². The summed E-state index contributed by atoms with van der Waals surface area (Å²) in [6.45, 7) is -0.262. The van der Waals surface area contributed by atoms with Crippen molar-refractivity contribution in [1.29, 1.82) is 0 Å².